The van der Waals surface area contributed by atoms with Crippen LogP contribution in [-0.4, -0.2) is 15.3 Å². The second-order valence-corrected chi connectivity index (χ2v) is 7.87. The summed E-state index contributed by atoms with van der Waals surface area (Å²) in [4.78, 5) is 17.3. The Hall–Kier alpha value is -4.39. The van der Waals surface area contributed by atoms with Gasteiger partial charge in [-0.3, -0.25) is 9.20 Å². The Morgan fingerprint density at radius 2 is 1.65 bits per heavy atom. The second-order valence-electron chi connectivity index (χ2n) is 7.87. The van der Waals surface area contributed by atoms with Crippen LogP contribution >= 0.6 is 0 Å². The van der Waals surface area contributed by atoms with Crippen LogP contribution in [0.2, 0.25) is 0 Å². The van der Waals surface area contributed by atoms with Crippen molar-refractivity contribution < 1.29 is 18.0 Å². The Kier molecular flexibility index (Phi) is 5.37. The first-order valence-corrected chi connectivity index (χ1v) is 10.5. The van der Waals surface area contributed by atoms with Crippen LogP contribution in [0.5, 0.6) is 0 Å². The number of hydrogen-bond acceptors (Lipinski definition) is 2. The van der Waals surface area contributed by atoms with E-state index in [1.54, 1.807) is 28.9 Å². The van der Waals surface area contributed by atoms with E-state index in [2.05, 4.69) is 10.3 Å². The van der Waals surface area contributed by atoms with E-state index in [-0.39, 0.29) is 17.3 Å². The lowest BCUT2D eigenvalue weighted by Crippen LogP contribution is -2.13. The van der Waals surface area contributed by atoms with Crippen molar-refractivity contribution in [3.63, 3.8) is 0 Å². The molecule has 168 valence electrons. The summed E-state index contributed by atoms with van der Waals surface area (Å²) in [5.41, 5.74) is 4.17. The highest BCUT2D eigenvalue weighted by atomic mass is 19.1. The second kappa shape index (κ2) is 8.51. The molecule has 5 aromatic rings. The average molecular weight is 457 g/mol. The van der Waals surface area contributed by atoms with Gasteiger partial charge in [-0.2, -0.15) is 0 Å². The third kappa shape index (κ3) is 3.92. The summed E-state index contributed by atoms with van der Waals surface area (Å²) in [5.74, 6) is -1.72. The molecule has 0 atom stereocenters. The van der Waals surface area contributed by atoms with E-state index in [0.29, 0.717) is 22.6 Å². The van der Waals surface area contributed by atoms with Crippen molar-refractivity contribution in [3.05, 3.63) is 114 Å². The standard InChI is InChI=1S/C27H18F3N3O/c1-16-4-5-17(13-23(16)27(34)32-20-9-6-18(28)7-10-20)21-3-2-12-33-25(21)15-31-26(33)22-11-8-19(29)14-24(22)30/h2-15H,1H3,(H,32,34). The van der Waals surface area contributed by atoms with Gasteiger partial charge in [0.15, 0.2) is 0 Å². The lowest BCUT2D eigenvalue weighted by molar-refractivity contribution is 0.102. The predicted octanol–water partition coefficient (Wildman–Crippen LogP) is 6.65. The fourth-order valence-electron chi connectivity index (χ4n) is 3.90. The summed E-state index contributed by atoms with van der Waals surface area (Å²) in [7, 11) is 0. The van der Waals surface area contributed by atoms with Gasteiger partial charge in [-0.25, -0.2) is 18.2 Å². The van der Waals surface area contributed by atoms with Crippen LogP contribution in [0.15, 0.2) is 85.2 Å². The maximum atomic E-state index is 14.4. The van der Waals surface area contributed by atoms with E-state index in [1.165, 1.54) is 36.4 Å². The predicted molar refractivity (Wildman–Crippen MR) is 125 cm³/mol. The van der Waals surface area contributed by atoms with Gasteiger partial charge in [-0.1, -0.05) is 18.2 Å². The molecule has 0 aliphatic carbocycles. The van der Waals surface area contributed by atoms with Crippen molar-refractivity contribution in [1.82, 2.24) is 9.38 Å². The zero-order chi connectivity index (χ0) is 23.8. The number of pyridine rings is 1. The molecule has 2 heterocycles. The zero-order valence-corrected chi connectivity index (χ0v) is 18.0. The van der Waals surface area contributed by atoms with Gasteiger partial charge in [0.05, 0.1) is 17.3 Å². The number of rotatable bonds is 4. The molecule has 1 N–H and O–H groups in total. The van der Waals surface area contributed by atoms with Crippen molar-refractivity contribution in [2.45, 2.75) is 6.92 Å². The van der Waals surface area contributed by atoms with Crippen LogP contribution in [0, 0.1) is 24.4 Å². The number of anilines is 1. The molecule has 0 spiro atoms. The van der Waals surface area contributed by atoms with E-state index < -0.39 is 11.6 Å². The van der Waals surface area contributed by atoms with Gasteiger partial charge >= 0.3 is 0 Å². The lowest BCUT2D eigenvalue weighted by atomic mass is 9.99. The van der Waals surface area contributed by atoms with Crippen LogP contribution in [-0.2, 0) is 0 Å². The molecule has 0 fully saturated rings. The third-order valence-corrected chi connectivity index (χ3v) is 5.64. The fraction of sp³-hybridized carbons (Fsp3) is 0.0370. The molecule has 2 aromatic heterocycles. The molecule has 4 nitrogen and oxygen atoms in total. The van der Waals surface area contributed by atoms with E-state index in [1.807, 2.05) is 25.1 Å². The van der Waals surface area contributed by atoms with E-state index in [9.17, 15) is 18.0 Å². The van der Waals surface area contributed by atoms with Crippen molar-refractivity contribution in [3.8, 4) is 22.5 Å². The largest absolute Gasteiger partial charge is 0.322 e. The summed E-state index contributed by atoms with van der Waals surface area (Å²) in [6.45, 7) is 1.83. The molecule has 0 aliphatic heterocycles. The number of carbonyl (C=O) groups excluding carboxylic acids is 1. The van der Waals surface area contributed by atoms with Crippen LogP contribution in [0.25, 0.3) is 28.0 Å². The number of nitrogens with zero attached hydrogens (tertiary/aromatic N) is 2. The molecule has 0 unspecified atom stereocenters. The van der Waals surface area contributed by atoms with Gasteiger partial charge in [-0.15, -0.1) is 0 Å². The summed E-state index contributed by atoms with van der Waals surface area (Å²) in [6.07, 6.45) is 3.37. The van der Waals surface area contributed by atoms with Crippen LogP contribution in [0.1, 0.15) is 15.9 Å². The highest BCUT2D eigenvalue weighted by Crippen LogP contribution is 2.31. The first-order chi connectivity index (χ1) is 16.4. The highest BCUT2D eigenvalue weighted by molar-refractivity contribution is 6.06. The summed E-state index contributed by atoms with van der Waals surface area (Å²) in [6, 6.07) is 18.1. The third-order valence-electron chi connectivity index (χ3n) is 5.64. The fourth-order valence-corrected chi connectivity index (χ4v) is 3.90. The quantitative estimate of drug-likeness (QED) is 0.329. The Balaban J connectivity index is 1.55. The minimum absolute atomic E-state index is 0.182. The first-order valence-electron chi connectivity index (χ1n) is 10.5. The molecule has 5 rings (SSSR count). The Labute approximate surface area is 193 Å². The molecule has 1 amide bonds. The molecule has 0 saturated heterocycles. The number of hydrogen-bond donors (Lipinski definition) is 1. The topological polar surface area (TPSA) is 46.4 Å². The summed E-state index contributed by atoms with van der Waals surface area (Å²) >= 11 is 0. The number of halogens is 3. The molecule has 7 heteroatoms. The van der Waals surface area contributed by atoms with Crippen molar-refractivity contribution in [2.24, 2.45) is 0 Å². The van der Waals surface area contributed by atoms with Gasteiger partial charge < -0.3 is 5.32 Å². The number of fused-ring (bicyclic) bond motifs is 1. The summed E-state index contributed by atoms with van der Waals surface area (Å²) < 4.78 is 42.7. The average Bonchev–Trinajstić information content (AvgIpc) is 3.25. The van der Waals surface area contributed by atoms with Crippen LogP contribution in [0.3, 0.4) is 0 Å². The minimum atomic E-state index is -0.701. The molecular formula is C27H18F3N3O. The van der Waals surface area contributed by atoms with Crippen LogP contribution in [0.4, 0.5) is 18.9 Å². The number of nitrogens with one attached hydrogen (secondary N) is 1. The van der Waals surface area contributed by atoms with Gasteiger partial charge in [0.25, 0.3) is 5.91 Å². The molecule has 34 heavy (non-hydrogen) atoms. The van der Waals surface area contributed by atoms with Crippen molar-refractivity contribution in [2.75, 3.05) is 5.32 Å². The van der Waals surface area contributed by atoms with E-state index >= 15 is 0 Å². The van der Waals surface area contributed by atoms with E-state index in [0.717, 1.165) is 22.8 Å². The van der Waals surface area contributed by atoms with Crippen molar-refractivity contribution >= 4 is 17.1 Å². The Morgan fingerprint density at radius 3 is 2.41 bits per heavy atom. The van der Waals surface area contributed by atoms with Gasteiger partial charge in [0.2, 0.25) is 0 Å². The molecule has 0 bridgehead atoms. The molecular weight excluding hydrogens is 439 g/mol. The monoisotopic (exact) mass is 457 g/mol. The summed E-state index contributed by atoms with van der Waals surface area (Å²) in [5, 5.41) is 2.78. The van der Waals surface area contributed by atoms with Gasteiger partial charge in [-0.05, 0) is 66.6 Å². The molecule has 0 saturated carbocycles. The van der Waals surface area contributed by atoms with Crippen molar-refractivity contribution in [1.29, 1.82) is 0 Å². The van der Waals surface area contributed by atoms with Crippen LogP contribution < -0.4 is 5.32 Å². The zero-order valence-electron chi connectivity index (χ0n) is 18.0. The number of benzene rings is 3. The SMILES string of the molecule is Cc1ccc(-c2cccn3c(-c4ccc(F)cc4F)ncc23)cc1C(=O)Nc1ccc(F)cc1. The maximum absolute atomic E-state index is 14.4. The maximum Gasteiger partial charge on any atom is 0.255 e. The van der Waals surface area contributed by atoms with Gasteiger partial charge in [0, 0.05) is 29.1 Å². The lowest BCUT2D eigenvalue weighted by Gasteiger charge is -2.11. The number of aryl methyl sites for hydroxylation is 1. The number of amides is 1. The number of carbonyl (C=O) groups is 1. The Bertz CT molecular complexity index is 1540. The molecule has 3 aromatic carbocycles. The minimum Gasteiger partial charge on any atom is -0.322 e. The van der Waals surface area contributed by atoms with Gasteiger partial charge in [0.1, 0.15) is 23.3 Å². The number of aromatic nitrogens is 2. The molecule has 0 radical (unpaired) electrons. The highest BCUT2D eigenvalue weighted by Gasteiger charge is 2.16. The smallest absolute Gasteiger partial charge is 0.255 e. The Morgan fingerprint density at radius 1 is 0.882 bits per heavy atom. The van der Waals surface area contributed by atoms with E-state index in [4.69, 9.17) is 0 Å². The number of imidazole rings is 1. The first kappa shape index (κ1) is 21.5. The normalized spacial score (nSPS) is 11.1. The molecule has 0 aliphatic rings.